The zero-order chi connectivity index (χ0) is 3.41. The first-order valence-electron chi connectivity index (χ1n) is 0.862. The standard InChI is InChI=1S/CH3BFO.H2O/c1-4-2-3;/h1H3;1H2. The van der Waals surface area contributed by atoms with Crippen molar-refractivity contribution in [1.82, 2.24) is 0 Å². The van der Waals surface area contributed by atoms with Crippen molar-refractivity contribution >= 4 is 7.76 Å². The van der Waals surface area contributed by atoms with Crippen molar-refractivity contribution in [3.05, 3.63) is 0 Å². The van der Waals surface area contributed by atoms with E-state index in [0.717, 1.165) is 0 Å². The maximum absolute atomic E-state index is 10.4. The van der Waals surface area contributed by atoms with Gasteiger partial charge < -0.3 is 10.1 Å². The molecule has 4 heteroatoms. The summed E-state index contributed by atoms with van der Waals surface area (Å²) in [7, 11) is 1.38. The average Bonchev–Trinajstić information content (AvgIpc) is 1.37. The van der Waals surface area contributed by atoms with Crippen LogP contribution in [-0.2, 0) is 4.65 Å². The first-order valence-corrected chi connectivity index (χ1v) is 0.862. The molecule has 0 atom stereocenters. The highest BCUT2D eigenvalue weighted by Crippen LogP contribution is 1.52. The predicted molar refractivity (Wildman–Crippen MR) is 17.5 cm³/mol. The van der Waals surface area contributed by atoms with Gasteiger partial charge in [0.2, 0.25) is 0 Å². The van der Waals surface area contributed by atoms with Crippen molar-refractivity contribution < 1.29 is 14.4 Å². The number of halogens is 1. The van der Waals surface area contributed by atoms with E-state index in [1.54, 1.807) is 0 Å². The maximum atomic E-state index is 10.4. The van der Waals surface area contributed by atoms with Crippen molar-refractivity contribution in [1.29, 1.82) is 0 Å². The lowest BCUT2D eigenvalue weighted by Crippen LogP contribution is -1.77. The Morgan fingerprint density at radius 2 is 2.00 bits per heavy atom. The van der Waals surface area contributed by atoms with Gasteiger partial charge in [0.1, 0.15) is 0 Å². The average molecular weight is 78.9 g/mol. The molecule has 0 bridgehead atoms. The molecule has 0 spiro atoms. The predicted octanol–water partition coefficient (Wildman–Crippen LogP) is -0.688. The largest absolute Gasteiger partial charge is 0.535 e. The molecule has 0 saturated carbocycles. The van der Waals surface area contributed by atoms with Gasteiger partial charge in [-0.05, 0) is 0 Å². The highest BCUT2D eigenvalue weighted by Gasteiger charge is 1.70. The number of rotatable bonds is 1. The van der Waals surface area contributed by atoms with E-state index in [-0.39, 0.29) is 13.2 Å². The van der Waals surface area contributed by atoms with Gasteiger partial charge in [-0.3, -0.25) is 4.32 Å². The summed E-state index contributed by atoms with van der Waals surface area (Å²) in [6.45, 7) is 0. The van der Waals surface area contributed by atoms with Crippen LogP contribution >= 0.6 is 0 Å². The molecule has 0 aliphatic heterocycles. The monoisotopic (exact) mass is 79.0 g/mol. The van der Waals surface area contributed by atoms with Gasteiger partial charge in [0, 0.05) is 7.11 Å². The van der Waals surface area contributed by atoms with E-state index in [4.69, 9.17) is 0 Å². The summed E-state index contributed by atoms with van der Waals surface area (Å²) in [5.74, 6) is 0. The molecular formula is CH5BFO2. The van der Waals surface area contributed by atoms with Crippen molar-refractivity contribution in [3.63, 3.8) is 0 Å². The summed E-state index contributed by atoms with van der Waals surface area (Å²) in [6, 6.07) is 0. The molecule has 0 unspecified atom stereocenters. The van der Waals surface area contributed by atoms with E-state index in [1.807, 2.05) is 0 Å². The van der Waals surface area contributed by atoms with E-state index < -0.39 is 0 Å². The van der Waals surface area contributed by atoms with Gasteiger partial charge >= 0.3 is 7.76 Å². The van der Waals surface area contributed by atoms with Crippen molar-refractivity contribution in [2.45, 2.75) is 0 Å². The van der Waals surface area contributed by atoms with Gasteiger partial charge in [0.05, 0.1) is 0 Å². The third-order valence-corrected chi connectivity index (χ3v) is 0.0891. The van der Waals surface area contributed by atoms with Crippen LogP contribution in [0.4, 0.5) is 4.32 Å². The van der Waals surface area contributed by atoms with Gasteiger partial charge in [0.15, 0.2) is 0 Å². The normalized spacial score (nSPS) is 5.20. The molecule has 0 heterocycles. The van der Waals surface area contributed by atoms with Crippen molar-refractivity contribution in [2.24, 2.45) is 0 Å². The summed E-state index contributed by atoms with van der Waals surface area (Å²) >= 11 is 0. The molecule has 2 N–H and O–H groups in total. The second kappa shape index (κ2) is 9.07. The minimum atomic E-state index is 0. The molecule has 0 saturated heterocycles. The van der Waals surface area contributed by atoms with Crippen LogP contribution in [0.1, 0.15) is 0 Å². The Labute approximate surface area is 30.6 Å². The third-order valence-electron chi connectivity index (χ3n) is 0.0891. The Hall–Kier alpha value is -0.0851. The van der Waals surface area contributed by atoms with Crippen molar-refractivity contribution in [3.8, 4) is 0 Å². The van der Waals surface area contributed by atoms with Crippen LogP contribution in [-0.4, -0.2) is 20.3 Å². The molecule has 31 valence electrons. The van der Waals surface area contributed by atoms with Gasteiger partial charge in [-0.1, -0.05) is 0 Å². The Balaban J connectivity index is 0. The van der Waals surface area contributed by atoms with E-state index in [9.17, 15) is 4.32 Å². The lowest BCUT2D eigenvalue weighted by Gasteiger charge is -1.67. The fourth-order valence-corrected chi connectivity index (χ4v) is 0. The van der Waals surface area contributed by atoms with Crippen LogP contribution in [0.15, 0.2) is 0 Å². The van der Waals surface area contributed by atoms with E-state index in [0.29, 0.717) is 0 Å². The second-order valence-corrected chi connectivity index (χ2v) is 0.325. The molecule has 0 aromatic rings. The highest BCUT2D eigenvalue weighted by molar-refractivity contribution is 6.16. The van der Waals surface area contributed by atoms with Crippen LogP contribution < -0.4 is 0 Å². The van der Waals surface area contributed by atoms with Crippen LogP contribution in [0.2, 0.25) is 0 Å². The molecular weight excluding hydrogens is 73.8 g/mol. The van der Waals surface area contributed by atoms with Crippen molar-refractivity contribution in [2.75, 3.05) is 7.11 Å². The molecule has 0 rings (SSSR count). The first-order chi connectivity index (χ1) is 1.91. The number of hydrogen-bond donors (Lipinski definition) is 0. The molecule has 5 heavy (non-hydrogen) atoms. The maximum Gasteiger partial charge on any atom is 0.535 e. The molecule has 0 aromatic carbocycles. The van der Waals surface area contributed by atoms with Gasteiger partial charge in [-0.2, -0.15) is 0 Å². The zero-order valence-electron chi connectivity index (χ0n) is 2.86. The third kappa shape index (κ3) is 17.1. The summed E-state index contributed by atoms with van der Waals surface area (Å²) in [5.41, 5.74) is 0. The SMILES string of the molecule is CO[B]F.O. The Bertz CT molecular complexity index is 11.6. The summed E-state index contributed by atoms with van der Waals surface area (Å²) < 4.78 is 14.1. The summed E-state index contributed by atoms with van der Waals surface area (Å²) in [4.78, 5) is 0. The highest BCUT2D eigenvalue weighted by atomic mass is 19.1. The lowest BCUT2D eigenvalue weighted by atomic mass is 10.5. The number of hydrogen-bond acceptors (Lipinski definition) is 1. The molecule has 0 aliphatic carbocycles. The fraction of sp³-hybridized carbons (Fsp3) is 1.00. The van der Waals surface area contributed by atoms with Crippen LogP contribution in [0.3, 0.4) is 0 Å². The quantitative estimate of drug-likeness (QED) is 0.383. The van der Waals surface area contributed by atoms with E-state index in [2.05, 4.69) is 4.65 Å². The minimum absolute atomic E-state index is 0. The molecule has 0 aromatic heterocycles. The second-order valence-electron chi connectivity index (χ2n) is 0.325. The molecule has 0 fully saturated rings. The molecule has 0 aliphatic rings. The lowest BCUT2D eigenvalue weighted by molar-refractivity contribution is 0.405. The van der Waals surface area contributed by atoms with Gasteiger partial charge in [-0.25, -0.2) is 0 Å². The van der Waals surface area contributed by atoms with Crippen LogP contribution in [0, 0.1) is 0 Å². The molecule has 0 amide bonds. The smallest absolute Gasteiger partial charge is 0.413 e. The first kappa shape index (κ1) is 8.87. The van der Waals surface area contributed by atoms with Crippen LogP contribution in [0.5, 0.6) is 0 Å². The minimum Gasteiger partial charge on any atom is -0.413 e. The van der Waals surface area contributed by atoms with E-state index in [1.165, 1.54) is 7.11 Å². The topological polar surface area (TPSA) is 40.7 Å². The van der Waals surface area contributed by atoms with Crippen LogP contribution in [0.25, 0.3) is 0 Å². The Kier molecular flexibility index (Phi) is 16.1. The summed E-state index contributed by atoms with van der Waals surface area (Å²) in [6.07, 6.45) is 0. The zero-order valence-corrected chi connectivity index (χ0v) is 2.86. The van der Waals surface area contributed by atoms with E-state index >= 15 is 0 Å². The summed E-state index contributed by atoms with van der Waals surface area (Å²) in [5, 5.41) is 0. The Morgan fingerprint density at radius 3 is 2.00 bits per heavy atom. The van der Waals surface area contributed by atoms with Gasteiger partial charge in [0.25, 0.3) is 0 Å². The molecule has 1 radical (unpaired) electrons. The fourth-order valence-electron chi connectivity index (χ4n) is 0. The Morgan fingerprint density at radius 1 is 1.80 bits per heavy atom. The molecule has 2 nitrogen and oxygen atoms in total. The van der Waals surface area contributed by atoms with Gasteiger partial charge in [-0.15, -0.1) is 0 Å².